The lowest BCUT2D eigenvalue weighted by Crippen LogP contribution is -2.24. The molecule has 164 valence electrons. The number of nitrogens with one attached hydrogen (secondary N) is 1. The number of amides is 1. The second-order valence-corrected chi connectivity index (χ2v) is 6.61. The summed E-state index contributed by atoms with van der Waals surface area (Å²) in [5.74, 6) is 0.400. The van der Waals surface area contributed by atoms with E-state index in [9.17, 15) is 4.79 Å². The molecule has 0 spiro atoms. The van der Waals surface area contributed by atoms with E-state index < -0.39 is 6.29 Å². The van der Waals surface area contributed by atoms with Gasteiger partial charge < -0.3 is 19.5 Å². The number of hydrogen-bond donors (Lipinski definition) is 1. The maximum atomic E-state index is 12.4. The van der Waals surface area contributed by atoms with E-state index in [0.717, 1.165) is 11.3 Å². The van der Waals surface area contributed by atoms with Crippen LogP contribution in [0, 0.1) is 0 Å². The Morgan fingerprint density at radius 3 is 2.71 bits per heavy atom. The Kier molecular flexibility index (Phi) is 8.50. The molecule has 0 saturated heterocycles. The van der Waals surface area contributed by atoms with Gasteiger partial charge in [0.05, 0.1) is 18.4 Å². The van der Waals surface area contributed by atoms with E-state index in [0.29, 0.717) is 38.7 Å². The highest BCUT2D eigenvalue weighted by atomic mass is 16.7. The SMILES string of the molecule is CCOC(Cn1cc(C(=O)NCc2cccc(OCc3ccccn3)c2)nn1)OCC. The van der Waals surface area contributed by atoms with Crippen molar-refractivity contribution in [1.82, 2.24) is 25.3 Å². The standard InChI is InChI=1S/C22H27N5O4/c1-3-29-21(30-4-2)15-27-14-20(25-26-27)22(28)24-13-17-8-7-10-19(12-17)31-16-18-9-5-6-11-23-18/h5-12,14,21H,3-4,13,15-16H2,1-2H3,(H,24,28). The topological polar surface area (TPSA) is 100 Å². The van der Waals surface area contributed by atoms with Gasteiger partial charge in [0.25, 0.3) is 5.91 Å². The van der Waals surface area contributed by atoms with Crippen molar-refractivity contribution in [2.45, 2.75) is 39.8 Å². The monoisotopic (exact) mass is 425 g/mol. The van der Waals surface area contributed by atoms with Gasteiger partial charge in [-0.2, -0.15) is 0 Å². The highest BCUT2D eigenvalue weighted by molar-refractivity contribution is 5.91. The number of aromatic nitrogens is 4. The maximum Gasteiger partial charge on any atom is 0.273 e. The van der Waals surface area contributed by atoms with E-state index in [-0.39, 0.29) is 11.6 Å². The molecule has 1 aromatic carbocycles. The normalized spacial score (nSPS) is 10.9. The molecule has 3 aromatic rings. The summed E-state index contributed by atoms with van der Waals surface area (Å²) in [5.41, 5.74) is 1.99. The molecule has 0 saturated carbocycles. The van der Waals surface area contributed by atoms with E-state index in [4.69, 9.17) is 14.2 Å². The van der Waals surface area contributed by atoms with Crippen LogP contribution in [0.15, 0.2) is 54.9 Å². The predicted octanol–water partition coefficient (Wildman–Crippen LogP) is 2.58. The van der Waals surface area contributed by atoms with Gasteiger partial charge in [-0.15, -0.1) is 5.10 Å². The Morgan fingerprint density at radius 1 is 1.13 bits per heavy atom. The largest absolute Gasteiger partial charge is 0.487 e. The lowest BCUT2D eigenvalue weighted by Gasteiger charge is -2.16. The fraction of sp³-hybridized carbons (Fsp3) is 0.364. The van der Waals surface area contributed by atoms with E-state index in [2.05, 4.69) is 20.6 Å². The Bertz CT molecular complexity index is 942. The second kappa shape index (κ2) is 11.8. The quantitative estimate of drug-likeness (QED) is 0.445. The molecule has 31 heavy (non-hydrogen) atoms. The van der Waals surface area contributed by atoms with Crippen molar-refractivity contribution in [2.24, 2.45) is 0 Å². The Labute approximate surface area is 181 Å². The third kappa shape index (κ3) is 7.16. The molecule has 9 nitrogen and oxygen atoms in total. The molecule has 9 heteroatoms. The first kappa shape index (κ1) is 22.4. The number of carbonyl (C=O) groups excluding carboxylic acids is 1. The first-order valence-corrected chi connectivity index (χ1v) is 10.2. The summed E-state index contributed by atoms with van der Waals surface area (Å²) in [6, 6.07) is 13.2. The number of nitrogens with zero attached hydrogens (tertiary/aromatic N) is 4. The van der Waals surface area contributed by atoms with Crippen LogP contribution < -0.4 is 10.1 Å². The fourth-order valence-corrected chi connectivity index (χ4v) is 2.83. The van der Waals surface area contributed by atoms with Gasteiger partial charge in [0.15, 0.2) is 12.0 Å². The minimum Gasteiger partial charge on any atom is -0.487 e. The molecule has 1 N–H and O–H groups in total. The summed E-state index contributed by atoms with van der Waals surface area (Å²) >= 11 is 0. The van der Waals surface area contributed by atoms with Crippen LogP contribution >= 0.6 is 0 Å². The Hall–Kier alpha value is -3.30. The molecule has 2 heterocycles. The van der Waals surface area contributed by atoms with E-state index in [1.807, 2.05) is 56.3 Å². The number of pyridine rings is 1. The molecule has 2 aromatic heterocycles. The van der Waals surface area contributed by atoms with Crippen molar-refractivity contribution in [1.29, 1.82) is 0 Å². The highest BCUT2D eigenvalue weighted by Gasteiger charge is 2.14. The average Bonchev–Trinajstić information content (AvgIpc) is 3.26. The van der Waals surface area contributed by atoms with Crippen molar-refractivity contribution in [2.75, 3.05) is 13.2 Å². The van der Waals surface area contributed by atoms with Crippen LogP contribution in [0.2, 0.25) is 0 Å². The first-order valence-electron chi connectivity index (χ1n) is 10.2. The molecule has 0 bridgehead atoms. The fourth-order valence-electron chi connectivity index (χ4n) is 2.83. The van der Waals surface area contributed by atoms with Crippen molar-refractivity contribution >= 4 is 5.91 Å². The zero-order valence-electron chi connectivity index (χ0n) is 17.7. The number of benzene rings is 1. The second-order valence-electron chi connectivity index (χ2n) is 6.61. The highest BCUT2D eigenvalue weighted by Crippen LogP contribution is 2.15. The van der Waals surface area contributed by atoms with Gasteiger partial charge in [-0.1, -0.05) is 23.4 Å². The maximum absolute atomic E-state index is 12.4. The molecular formula is C22H27N5O4. The number of carbonyl (C=O) groups is 1. The lowest BCUT2D eigenvalue weighted by molar-refractivity contribution is -0.145. The summed E-state index contributed by atoms with van der Waals surface area (Å²) in [6.45, 7) is 5.92. The molecule has 0 unspecified atom stereocenters. The van der Waals surface area contributed by atoms with Gasteiger partial charge in [0.1, 0.15) is 12.4 Å². The van der Waals surface area contributed by atoms with Gasteiger partial charge in [-0.25, -0.2) is 4.68 Å². The third-order valence-corrected chi connectivity index (χ3v) is 4.28. The molecule has 0 aliphatic heterocycles. The third-order valence-electron chi connectivity index (χ3n) is 4.28. The zero-order chi connectivity index (χ0) is 21.9. The van der Waals surface area contributed by atoms with Crippen molar-refractivity contribution < 1.29 is 19.0 Å². The van der Waals surface area contributed by atoms with Gasteiger partial charge in [0.2, 0.25) is 0 Å². The minimum absolute atomic E-state index is 0.231. The van der Waals surface area contributed by atoms with E-state index >= 15 is 0 Å². The van der Waals surface area contributed by atoms with Gasteiger partial charge in [-0.05, 0) is 43.7 Å². The summed E-state index contributed by atoms with van der Waals surface area (Å²) in [7, 11) is 0. The van der Waals surface area contributed by atoms with Crippen molar-refractivity contribution in [3.63, 3.8) is 0 Å². The van der Waals surface area contributed by atoms with Crippen LogP contribution in [-0.2, 0) is 29.2 Å². The molecule has 3 rings (SSSR count). The molecule has 0 radical (unpaired) electrons. The summed E-state index contributed by atoms with van der Waals surface area (Å²) in [5, 5.41) is 10.8. The Morgan fingerprint density at radius 2 is 1.97 bits per heavy atom. The summed E-state index contributed by atoms with van der Waals surface area (Å²) in [4.78, 5) is 16.7. The average molecular weight is 425 g/mol. The zero-order valence-corrected chi connectivity index (χ0v) is 17.7. The number of hydrogen-bond acceptors (Lipinski definition) is 7. The molecule has 0 fully saturated rings. The van der Waals surface area contributed by atoms with Crippen LogP contribution in [0.5, 0.6) is 5.75 Å². The van der Waals surface area contributed by atoms with Crippen LogP contribution in [0.1, 0.15) is 35.6 Å². The van der Waals surface area contributed by atoms with E-state index in [1.165, 1.54) is 4.68 Å². The predicted molar refractivity (Wildman–Crippen MR) is 113 cm³/mol. The van der Waals surface area contributed by atoms with E-state index in [1.54, 1.807) is 12.4 Å². The molecular weight excluding hydrogens is 398 g/mol. The van der Waals surface area contributed by atoms with Gasteiger partial charge >= 0.3 is 0 Å². The van der Waals surface area contributed by atoms with Crippen molar-refractivity contribution in [3.8, 4) is 5.75 Å². The minimum atomic E-state index is -0.429. The molecule has 0 aliphatic rings. The number of ether oxygens (including phenoxy) is 3. The van der Waals surface area contributed by atoms with Crippen molar-refractivity contribution in [3.05, 3.63) is 71.8 Å². The molecule has 1 amide bonds. The molecule has 0 atom stereocenters. The van der Waals surface area contributed by atoms with Crippen LogP contribution in [-0.4, -0.2) is 45.4 Å². The Balaban J connectivity index is 1.51. The van der Waals surface area contributed by atoms with Crippen LogP contribution in [0.25, 0.3) is 0 Å². The van der Waals surface area contributed by atoms with Gasteiger partial charge in [-0.3, -0.25) is 9.78 Å². The summed E-state index contributed by atoms with van der Waals surface area (Å²) in [6.07, 6.45) is 2.88. The molecule has 0 aliphatic carbocycles. The number of rotatable bonds is 12. The smallest absolute Gasteiger partial charge is 0.273 e. The van der Waals surface area contributed by atoms with Crippen LogP contribution in [0.3, 0.4) is 0 Å². The first-order chi connectivity index (χ1) is 15.2. The van der Waals surface area contributed by atoms with Crippen LogP contribution in [0.4, 0.5) is 0 Å². The summed E-state index contributed by atoms with van der Waals surface area (Å²) < 4.78 is 18.3. The van der Waals surface area contributed by atoms with Gasteiger partial charge in [0, 0.05) is 26.0 Å². The lowest BCUT2D eigenvalue weighted by atomic mass is 10.2.